The van der Waals surface area contributed by atoms with Crippen molar-refractivity contribution in [1.29, 1.82) is 0 Å². The molecule has 1 aliphatic rings. The van der Waals surface area contributed by atoms with Crippen LogP contribution in [0.4, 0.5) is 0 Å². The van der Waals surface area contributed by atoms with Gasteiger partial charge in [-0.3, -0.25) is 4.79 Å². The first-order valence-electron chi connectivity index (χ1n) is 7.31. The summed E-state index contributed by atoms with van der Waals surface area (Å²) in [4.78, 5) is 10.5. The highest BCUT2D eigenvalue weighted by molar-refractivity contribution is 5.74. The predicted octanol–water partition coefficient (Wildman–Crippen LogP) is 1.83. The zero-order valence-corrected chi connectivity index (χ0v) is 11.6. The first-order valence-corrected chi connectivity index (χ1v) is 7.31. The second-order valence-electron chi connectivity index (χ2n) is 5.33. The second-order valence-corrected chi connectivity index (χ2v) is 5.33. The Morgan fingerprint density at radius 3 is 2.89 bits per heavy atom. The maximum Gasteiger partial charge on any atom is 0.243 e. The van der Waals surface area contributed by atoms with E-state index >= 15 is 0 Å². The molecule has 0 aromatic heterocycles. The lowest BCUT2D eigenvalue weighted by molar-refractivity contribution is -0.122. The first-order chi connectivity index (χ1) is 8.72. The molecule has 1 fully saturated rings. The van der Waals surface area contributed by atoms with Crippen LogP contribution in [0.3, 0.4) is 0 Å². The van der Waals surface area contributed by atoms with Gasteiger partial charge in [-0.25, -0.2) is 0 Å². The van der Waals surface area contributed by atoms with Crippen LogP contribution in [0.1, 0.15) is 51.9 Å². The van der Waals surface area contributed by atoms with Gasteiger partial charge in [-0.2, -0.15) is 0 Å². The summed E-state index contributed by atoms with van der Waals surface area (Å²) in [6.07, 6.45) is 9.33. The Hall–Kier alpha value is -0.610. The van der Waals surface area contributed by atoms with Gasteiger partial charge in [0.1, 0.15) is 6.61 Å². The molecule has 0 spiro atoms. The number of hydrogen-bond donors (Lipinski definition) is 2. The molecule has 1 saturated carbocycles. The van der Waals surface area contributed by atoms with Crippen LogP contribution < -0.4 is 11.1 Å². The topological polar surface area (TPSA) is 64.3 Å². The summed E-state index contributed by atoms with van der Waals surface area (Å²) in [5.41, 5.74) is 5.00. The number of carbonyl (C=O) groups is 1. The molecule has 18 heavy (non-hydrogen) atoms. The number of primary amides is 1. The lowest BCUT2D eigenvalue weighted by Gasteiger charge is -2.16. The van der Waals surface area contributed by atoms with E-state index in [-0.39, 0.29) is 6.61 Å². The molecule has 1 aliphatic carbocycles. The molecule has 0 radical (unpaired) electrons. The van der Waals surface area contributed by atoms with Crippen LogP contribution in [-0.2, 0) is 9.53 Å². The largest absolute Gasteiger partial charge is 0.370 e. The molecule has 0 heterocycles. The summed E-state index contributed by atoms with van der Waals surface area (Å²) in [6.45, 7) is 3.69. The molecule has 2 unspecified atom stereocenters. The minimum atomic E-state index is -0.396. The van der Waals surface area contributed by atoms with Gasteiger partial charge in [0, 0.05) is 12.6 Å². The third-order valence-electron chi connectivity index (χ3n) is 3.71. The molecule has 0 bridgehead atoms. The average Bonchev–Trinajstić information content (AvgIpc) is 2.55. The van der Waals surface area contributed by atoms with Crippen LogP contribution in [0.25, 0.3) is 0 Å². The fourth-order valence-corrected chi connectivity index (χ4v) is 2.79. The number of amides is 1. The van der Waals surface area contributed by atoms with Crippen LogP contribution in [0.2, 0.25) is 0 Å². The molecule has 0 aromatic carbocycles. The fourth-order valence-electron chi connectivity index (χ4n) is 2.79. The van der Waals surface area contributed by atoms with Crippen LogP contribution in [0.15, 0.2) is 0 Å². The number of rotatable bonds is 8. The smallest absolute Gasteiger partial charge is 0.243 e. The number of ether oxygens (including phenoxy) is 1. The minimum Gasteiger partial charge on any atom is -0.370 e. The van der Waals surface area contributed by atoms with E-state index in [1.807, 2.05) is 0 Å². The van der Waals surface area contributed by atoms with E-state index in [1.54, 1.807) is 0 Å². The van der Waals surface area contributed by atoms with E-state index in [2.05, 4.69) is 12.2 Å². The van der Waals surface area contributed by atoms with Crippen molar-refractivity contribution in [2.24, 2.45) is 11.7 Å². The normalized spacial score (nSPS) is 24.7. The Labute approximate surface area is 111 Å². The summed E-state index contributed by atoms with van der Waals surface area (Å²) >= 11 is 0. The minimum absolute atomic E-state index is 0.0327. The summed E-state index contributed by atoms with van der Waals surface area (Å²) in [7, 11) is 0. The molecular weight excluding hydrogens is 228 g/mol. The lowest BCUT2D eigenvalue weighted by atomic mass is 9.95. The highest BCUT2D eigenvalue weighted by Gasteiger charge is 2.17. The van der Waals surface area contributed by atoms with Gasteiger partial charge in [-0.15, -0.1) is 0 Å². The number of carbonyl (C=O) groups excluding carboxylic acids is 1. The standard InChI is InChI=1S/C14H28N2O2/c1-2-4-12-5-3-6-13(8-7-12)16-9-10-18-11-14(15)17/h12-13,16H,2-11H2,1H3,(H2,15,17). The molecule has 0 aliphatic heterocycles. The maximum absolute atomic E-state index is 10.5. The third kappa shape index (κ3) is 6.97. The van der Waals surface area contributed by atoms with Crippen LogP contribution in [0.5, 0.6) is 0 Å². The van der Waals surface area contributed by atoms with Gasteiger partial charge < -0.3 is 15.8 Å². The Bertz CT molecular complexity index is 234. The molecule has 0 aromatic rings. The summed E-state index contributed by atoms with van der Waals surface area (Å²) in [6, 6.07) is 0.629. The zero-order chi connectivity index (χ0) is 13.2. The molecule has 106 valence electrons. The van der Waals surface area contributed by atoms with E-state index in [0.717, 1.165) is 12.5 Å². The number of nitrogens with one attached hydrogen (secondary N) is 1. The maximum atomic E-state index is 10.5. The Morgan fingerprint density at radius 2 is 2.17 bits per heavy atom. The van der Waals surface area contributed by atoms with Gasteiger partial charge >= 0.3 is 0 Å². The van der Waals surface area contributed by atoms with E-state index < -0.39 is 5.91 Å². The zero-order valence-electron chi connectivity index (χ0n) is 11.6. The number of hydrogen-bond acceptors (Lipinski definition) is 3. The SMILES string of the molecule is CCCC1CCCC(NCCOCC(N)=O)CC1. The highest BCUT2D eigenvalue weighted by atomic mass is 16.5. The van der Waals surface area contributed by atoms with Gasteiger partial charge in [0.05, 0.1) is 6.61 Å². The Balaban J connectivity index is 2.06. The van der Waals surface area contributed by atoms with Gasteiger partial charge in [0.15, 0.2) is 0 Å². The summed E-state index contributed by atoms with van der Waals surface area (Å²) in [5.74, 6) is 0.541. The third-order valence-corrected chi connectivity index (χ3v) is 3.71. The molecular formula is C14H28N2O2. The van der Waals surface area contributed by atoms with Gasteiger partial charge in [-0.1, -0.05) is 32.6 Å². The molecule has 0 saturated heterocycles. The quantitative estimate of drug-likeness (QED) is 0.514. The van der Waals surface area contributed by atoms with Crippen LogP contribution in [0, 0.1) is 5.92 Å². The lowest BCUT2D eigenvalue weighted by Crippen LogP contribution is -2.32. The second kappa shape index (κ2) is 9.34. The van der Waals surface area contributed by atoms with Crippen molar-refractivity contribution in [3.05, 3.63) is 0 Å². The Morgan fingerprint density at radius 1 is 1.33 bits per heavy atom. The average molecular weight is 256 g/mol. The molecule has 3 N–H and O–H groups in total. The molecule has 1 amide bonds. The Kier molecular flexibility index (Phi) is 8.01. The predicted molar refractivity (Wildman–Crippen MR) is 73.3 cm³/mol. The summed E-state index contributed by atoms with van der Waals surface area (Å²) < 4.78 is 5.14. The fraction of sp³-hybridized carbons (Fsp3) is 0.929. The van der Waals surface area contributed by atoms with E-state index in [4.69, 9.17) is 10.5 Å². The van der Waals surface area contributed by atoms with Gasteiger partial charge in [0.2, 0.25) is 5.91 Å². The number of nitrogens with two attached hydrogens (primary N) is 1. The first kappa shape index (κ1) is 15.4. The van der Waals surface area contributed by atoms with E-state index in [1.165, 1.54) is 44.9 Å². The van der Waals surface area contributed by atoms with Gasteiger partial charge in [-0.05, 0) is 25.2 Å². The van der Waals surface area contributed by atoms with Crippen molar-refractivity contribution in [2.45, 2.75) is 57.9 Å². The monoisotopic (exact) mass is 256 g/mol. The van der Waals surface area contributed by atoms with Crippen molar-refractivity contribution < 1.29 is 9.53 Å². The van der Waals surface area contributed by atoms with Crippen molar-refractivity contribution in [3.63, 3.8) is 0 Å². The van der Waals surface area contributed by atoms with E-state index in [0.29, 0.717) is 12.6 Å². The van der Waals surface area contributed by atoms with Gasteiger partial charge in [0.25, 0.3) is 0 Å². The van der Waals surface area contributed by atoms with Crippen LogP contribution >= 0.6 is 0 Å². The molecule has 4 heteroatoms. The van der Waals surface area contributed by atoms with Crippen molar-refractivity contribution in [2.75, 3.05) is 19.8 Å². The van der Waals surface area contributed by atoms with Crippen molar-refractivity contribution in [1.82, 2.24) is 5.32 Å². The molecule has 4 nitrogen and oxygen atoms in total. The molecule has 2 atom stereocenters. The van der Waals surface area contributed by atoms with E-state index in [9.17, 15) is 4.79 Å². The van der Waals surface area contributed by atoms with Crippen LogP contribution in [-0.4, -0.2) is 31.7 Å². The summed E-state index contributed by atoms with van der Waals surface area (Å²) in [5, 5.41) is 3.52. The molecule has 1 rings (SSSR count). The van der Waals surface area contributed by atoms with Crippen molar-refractivity contribution in [3.8, 4) is 0 Å². The van der Waals surface area contributed by atoms with Crippen molar-refractivity contribution >= 4 is 5.91 Å². The highest BCUT2D eigenvalue weighted by Crippen LogP contribution is 2.26.